The second-order valence-corrected chi connectivity index (χ2v) is 7.45. The lowest BCUT2D eigenvalue weighted by Crippen LogP contribution is -2.42. The maximum atomic E-state index is 11.7. The van der Waals surface area contributed by atoms with E-state index in [-0.39, 0.29) is 23.0 Å². The molecule has 0 amide bonds. The fourth-order valence-corrected chi connectivity index (χ4v) is 3.58. The lowest BCUT2D eigenvalue weighted by molar-refractivity contribution is 0.135. The van der Waals surface area contributed by atoms with Crippen molar-refractivity contribution in [3.63, 3.8) is 0 Å². The monoisotopic (exact) mass is 419 g/mol. The summed E-state index contributed by atoms with van der Waals surface area (Å²) in [5.74, 6) is -0.123. The van der Waals surface area contributed by atoms with Gasteiger partial charge >= 0.3 is 0 Å². The Morgan fingerprint density at radius 2 is 1.20 bits per heavy atom. The van der Waals surface area contributed by atoms with E-state index in [1.807, 2.05) is 0 Å². The molecule has 0 radical (unpaired) electrons. The van der Waals surface area contributed by atoms with E-state index in [4.69, 9.17) is 8.83 Å². The van der Waals surface area contributed by atoms with Crippen LogP contribution in [0.25, 0.3) is 0 Å². The topological polar surface area (TPSA) is 111 Å². The molecule has 9 heteroatoms. The molecule has 1 fully saturated rings. The van der Waals surface area contributed by atoms with Crippen LogP contribution in [0.3, 0.4) is 0 Å². The van der Waals surface area contributed by atoms with E-state index in [9.17, 15) is 19.8 Å². The van der Waals surface area contributed by atoms with Crippen molar-refractivity contribution in [2.75, 3.05) is 45.8 Å². The van der Waals surface area contributed by atoms with Crippen molar-refractivity contribution < 1.29 is 19.0 Å². The predicted octanol–water partition coefficient (Wildman–Crippen LogP) is 1.03. The summed E-state index contributed by atoms with van der Waals surface area (Å²) in [6.07, 6.45) is 3.44. The van der Waals surface area contributed by atoms with Crippen molar-refractivity contribution >= 4 is 0 Å². The lowest BCUT2D eigenvalue weighted by Gasteiger charge is -2.32. The van der Waals surface area contributed by atoms with Crippen LogP contribution in [0.15, 0.2) is 43.1 Å². The Balaban J connectivity index is 1.69. The van der Waals surface area contributed by atoms with Gasteiger partial charge in [0.15, 0.2) is 11.5 Å². The second-order valence-electron chi connectivity index (χ2n) is 7.45. The zero-order chi connectivity index (χ0) is 21.5. The molecular formula is C21H29N3O6. The molecule has 1 aliphatic rings. The van der Waals surface area contributed by atoms with Crippen molar-refractivity contribution in [1.29, 1.82) is 0 Å². The van der Waals surface area contributed by atoms with Crippen LogP contribution in [-0.4, -0.2) is 70.7 Å². The summed E-state index contributed by atoms with van der Waals surface area (Å²) in [6, 6.07) is 2.41. The first-order valence-corrected chi connectivity index (χ1v) is 10.2. The minimum Gasteiger partial charge on any atom is -0.502 e. The quantitative estimate of drug-likeness (QED) is 0.734. The first kappa shape index (κ1) is 22.1. The average molecular weight is 419 g/mol. The highest BCUT2D eigenvalue weighted by atomic mass is 16.4. The third-order valence-electron chi connectivity index (χ3n) is 5.45. The van der Waals surface area contributed by atoms with Gasteiger partial charge in [-0.25, -0.2) is 0 Å². The van der Waals surface area contributed by atoms with Gasteiger partial charge in [-0.05, 0) is 26.1 Å². The van der Waals surface area contributed by atoms with E-state index in [1.165, 1.54) is 24.7 Å². The highest BCUT2D eigenvalue weighted by molar-refractivity contribution is 5.23. The molecule has 3 heterocycles. The van der Waals surface area contributed by atoms with Crippen molar-refractivity contribution in [3.8, 4) is 11.5 Å². The fourth-order valence-electron chi connectivity index (χ4n) is 3.58. The van der Waals surface area contributed by atoms with E-state index in [0.717, 1.165) is 52.2 Å². The van der Waals surface area contributed by atoms with Crippen LogP contribution >= 0.6 is 0 Å². The van der Waals surface area contributed by atoms with Crippen molar-refractivity contribution in [3.05, 3.63) is 56.6 Å². The molecule has 1 aliphatic heterocycles. The van der Waals surface area contributed by atoms with Gasteiger partial charge in [0.05, 0.1) is 25.6 Å². The maximum absolute atomic E-state index is 11.7. The van der Waals surface area contributed by atoms with Crippen LogP contribution in [-0.2, 0) is 13.1 Å². The van der Waals surface area contributed by atoms with Gasteiger partial charge in [0.25, 0.3) is 0 Å². The Kier molecular flexibility index (Phi) is 7.67. The zero-order valence-electron chi connectivity index (χ0n) is 17.2. The Labute approximate surface area is 174 Å². The second kappa shape index (κ2) is 10.4. The molecule has 0 aromatic carbocycles. The van der Waals surface area contributed by atoms with Crippen molar-refractivity contribution in [2.45, 2.75) is 26.4 Å². The van der Waals surface area contributed by atoms with Crippen LogP contribution in [0.1, 0.15) is 24.9 Å². The highest BCUT2D eigenvalue weighted by Gasteiger charge is 2.19. The SMILES string of the molecule is CCN1CCN(Cc2occc(=O)c2O)CCCN(Cc2occc(=O)c2O)CC1. The molecule has 0 saturated carbocycles. The van der Waals surface area contributed by atoms with E-state index in [1.54, 1.807) is 0 Å². The summed E-state index contributed by atoms with van der Waals surface area (Å²) in [4.78, 5) is 30.0. The van der Waals surface area contributed by atoms with E-state index in [0.29, 0.717) is 13.1 Å². The number of hydrogen-bond donors (Lipinski definition) is 2. The number of nitrogens with zero attached hydrogens (tertiary/aromatic N) is 3. The van der Waals surface area contributed by atoms with Crippen molar-refractivity contribution in [1.82, 2.24) is 14.7 Å². The normalized spacial score (nSPS) is 17.8. The lowest BCUT2D eigenvalue weighted by atomic mass is 10.2. The van der Waals surface area contributed by atoms with Gasteiger partial charge in [0, 0.05) is 38.3 Å². The number of rotatable bonds is 5. The molecule has 2 aromatic heterocycles. The molecule has 1 saturated heterocycles. The summed E-state index contributed by atoms with van der Waals surface area (Å²) in [7, 11) is 0. The Hall–Kier alpha value is -2.62. The summed E-state index contributed by atoms with van der Waals surface area (Å²) >= 11 is 0. The van der Waals surface area contributed by atoms with E-state index >= 15 is 0 Å². The van der Waals surface area contributed by atoms with E-state index in [2.05, 4.69) is 21.6 Å². The molecule has 0 bridgehead atoms. The van der Waals surface area contributed by atoms with Crippen LogP contribution < -0.4 is 10.9 Å². The summed E-state index contributed by atoms with van der Waals surface area (Å²) in [5.41, 5.74) is -0.884. The van der Waals surface area contributed by atoms with Gasteiger partial charge in [0.1, 0.15) is 0 Å². The van der Waals surface area contributed by atoms with Gasteiger partial charge in [-0.3, -0.25) is 19.4 Å². The van der Waals surface area contributed by atoms with Crippen LogP contribution in [0, 0.1) is 0 Å². The third kappa shape index (κ3) is 5.71. The Morgan fingerprint density at radius 3 is 1.63 bits per heavy atom. The molecule has 2 N–H and O–H groups in total. The fraction of sp³-hybridized carbons (Fsp3) is 0.524. The number of hydrogen-bond acceptors (Lipinski definition) is 9. The zero-order valence-corrected chi connectivity index (χ0v) is 17.2. The third-order valence-corrected chi connectivity index (χ3v) is 5.45. The smallest absolute Gasteiger partial charge is 0.226 e. The largest absolute Gasteiger partial charge is 0.502 e. The molecule has 0 atom stereocenters. The minimum atomic E-state index is -0.442. The molecule has 9 nitrogen and oxygen atoms in total. The van der Waals surface area contributed by atoms with Gasteiger partial charge in [0.2, 0.25) is 22.4 Å². The maximum Gasteiger partial charge on any atom is 0.226 e. The summed E-state index contributed by atoms with van der Waals surface area (Å²) < 4.78 is 10.7. The van der Waals surface area contributed by atoms with Gasteiger partial charge in [-0.15, -0.1) is 0 Å². The molecule has 164 valence electrons. The highest BCUT2D eigenvalue weighted by Crippen LogP contribution is 2.16. The Morgan fingerprint density at radius 1 is 0.767 bits per heavy atom. The first-order chi connectivity index (χ1) is 14.5. The van der Waals surface area contributed by atoms with Gasteiger partial charge < -0.3 is 23.9 Å². The van der Waals surface area contributed by atoms with E-state index < -0.39 is 10.9 Å². The predicted molar refractivity (Wildman–Crippen MR) is 111 cm³/mol. The van der Waals surface area contributed by atoms with Crippen LogP contribution in [0.4, 0.5) is 0 Å². The van der Waals surface area contributed by atoms with Crippen LogP contribution in [0.5, 0.6) is 11.5 Å². The van der Waals surface area contributed by atoms with Crippen molar-refractivity contribution in [2.24, 2.45) is 0 Å². The first-order valence-electron chi connectivity index (χ1n) is 10.2. The van der Waals surface area contributed by atoms with Gasteiger partial charge in [-0.1, -0.05) is 6.92 Å². The Bertz CT molecular complexity index is 867. The molecule has 0 aliphatic carbocycles. The average Bonchev–Trinajstić information content (AvgIpc) is 2.74. The molecule has 0 spiro atoms. The molecular weight excluding hydrogens is 390 g/mol. The molecule has 0 unspecified atom stereocenters. The molecule has 30 heavy (non-hydrogen) atoms. The summed E-state index contributed by atoms with van der Waals surface area (Å²) in [6.45, 7) is 8.46. The number of likely N-dealkylation sites (N-methyl/N-ethyl adjacent to an activating group) is 1. The van der Waals surface area contributed by atoms with Crippen LogP contribution in [0.2, 0.25) is 0 Å². The van der Waals surface area contributed by atoms with Gasteiger partial charge in [-0.2, -0.15) is 0 Å². The number of aromatic hydroxyl groups is 2. The molecule has 2 aromatic rings. The molecule has 3 rings (SSSR count). The summed E-state index contributed by atoms with van der Waals surface area (Å²) in [5, 5.41) is 20.0. The minimum absolute atomic E-state index is 0.274. The standard InChI is InChI=1S/C21H29N3O6/c1-2-22-8-10-23(14-18-20(27)16(25)4-12-29-18)6-3-7-24(11-9-22)15-19-21(28)17(26)5-13-30-19/h4-5,12-13,27-28H,2-3,6-11,14-15H2,1H3.